The summed E-state index contributed by atoms with van der Waals surface area (Å²) in [7, 11) is 1.54. The molecule has 31 heavy (non-hydrogen) atoms. The number of rotatable bonds is 6. The van der Waals surface area contributed by atoms with Gasteiger partial charge in [-0.05, 0) is 43.2 Å². The van der Waals surface area contributed by atoms with E-state index in [1.165, 1.54) is 23.1 Å². The Bertz CT molecular complexity index is 1060. The number of methoxy groups -OCH3 is 1. The van der Waals surface area contributed by atoms with Crippen LogP contribution in [-0.2, 0) is 20.7 Å². The predicted molar refractivity (Wildman–Crippen MR) is 112 cm³/mol. The van der Waals surface area contributed by atoms with Crippen LogP contribution in [0.5, 0.6) is 5.75 Å². The van der Waals surface area contributed by atoms with Crippen LogP contribution in [0, 0.1) is 5.82 Å². The fourth-order valence-corrected chi connectivity index (χ4v) is 4.23. The molecule has 0 spiro atoms. The first-order valence-electron chi connectivity index (χ1n) is 10.2. The number of carbonyl (C=O) groups excluding carboxylic acids is 2. The first-order chi connectivity index (χ1) is 14.9. The molecule has 2 aliphatic heterocycles. The molecule has 2 atom stereocenters. The van der Waals surface area contributed by atoms with Crippen molar-refractivity contribution in [3.05, 3.63) is 70.5 Å². The lowest BCUT2D eigenvalue weighted by Gasteiger charge is -2.25. The Kier molecular flexibility index (Phi) is 5.78. The lowest BCUT2D eigenvalue weighted by molar-refractivity contribution is -0.140. The molecule has 0 radical (unpaired) electrons. The normalized spacial score (nSPS) is 22.0. The van der Waals surface area contributed by atoms with E-state index in [2.05, 4.69) is 0 Å². The van der Waals surface area contributed by atoms with Gasteiger partial charge in [-0.2, -0.15) is 0 Å². The van der Waals surface area contributed by atoms with Gasteiger partial charge in [0, 0.05) is 37.8 Å². The van der Waals surface area contributed by atoms with Gasteiger partial charge < -0.3 is 19.5 Å². The molecule has 0 unspecified atom stereocenters. The smallest absolute Gasteiger partial charge is 0.295 e. The first kappa shape index (κ1) is 21.1. The number of ether oxygens (including phenoxy) is 2. The number of ketones is 1. The van der Waals surface area contributed by atoms with Gasteiger partial charge in [0.05, 0.1) is 11.6 Å². The number of hydrogen-bond acceptors (Lipinski definition) is 5. The van der Waals surface area contributed by atoms with Crippen LogP contribution in [0.3, 0.4) is 0 Å². The monoisotopic (exact) mass is 425 g/mol. The van der Waals surface area contributed by atoms with Gasteiger partial charge in [0.25, 0.3) is 11.7 Å². The number of fused-ring (bicyclic) bond motifs is 1. The van der Waals surface area contributed by atoms with E-state index < -0.39 is 23.5 Å². The van der Waals surface area contributed by atoms with E-state index in [-0.39, 0.29) is 29.5 Å². The highest BCUT2D eigenvalue weighted by atomic mass is 19.1. The van der Waals surface area contributed by atoms with Crippen molar-refractivity contribution in [3.63, 3.8) is 0 Å². The minimum atomic E-state index is -1.01. The summed E-state index contributed by atoms with van der Waals surface area (Å²) in [5.74, 6) is -1.72. The zero-order valence-corrected chi connectivity index (χ0v) is 17.4. The van der Waals surface area contributed by atoms with Crippen LogP contribution >= 0.6 is 0 Å². The highest BCUT2D eigenvalue weighted by Crippen LogP contribution is 2.41. The van der Waals surface area contributed by atoms with Crippen LogP contribution < -0.4 is 4.74 Å². The van der Waals surface area contributed by atoms with Crippen molar-refractivity contribution in [2.24, 2.45) is 0 Å². The average molecular weight is 425 g/mol. The van der Waals surface area contributed by atoms with E-state index in [0.29, 0.717) is 25.0 Å². The molecule has 1 N–H and O–H groups in total. The lowest BCUT2D eigenvalue weighted by atomic mass is 9.94. The molecule has 2 aliphatic rings. The maximum Gasteiger partial charge on any atom is 0.295 e. The highest BCUT2D eigenvalue weighted by molar-refractivity contribution is 6.46. The minimum Gasteiger partial charge on any atom is -0.507 e. The lowest BCUT2D eigenvalue weighted by Crippen LogP contribution is -2.31. The summed E-state index contributed by atoms with van der Waals surface area (Å²) in [6.45, 7) is 2.53. The average Bonchev–Trinajstić information content (AvgIpc) is 3.24. The zero-order chi connectivity index (χ0) is 22.1. The summed E-state index contributed by atoms with van der Waals surface area (Å²) in [4.78, 5) is 27.1. The molecule has 0 bridgehead atoms. The van der Waals surface area contributed by atoms with Gasteiger partial charge in [-0.1, -0.05) is 18.2 Å². The van der Waals surface area contributed by atoms with E-state index in [4.69, 9.17) is 9.47 Å². The summed E-state index contributed by atoms with van der Waals surface area (Å²) in [6.07, 6.45) is 1.18. The van der Waals surface area contributed by atoms with Crippen molar-refractivity contribution in [2.45, 2.75) is 31.9 Å². The quantitative estimate of drug-likeness (QED) is 0.331. The fourth-order valence-electron chi connectivity index (χ4n) is 4.23. The molecule has 2 heterocycles. The maximum atomic E-state index is 14.7. The van der Waals surface area contributed by atoms with E-state index in [9.17, 15) is 19.1 Å². The number of carbonyl (C=O) groups is 2. The molecule has 1 saturated heterocycles. The Hall–Kier alpha value is -3.19. The Morgan fingerprint density at radius 1 is 1.26 bits per heavy atom. The van der Waals surface area contributed by atoms with Crippen LogP contribution in [-0.4, -0.2) is 48.1 Å². The first-order valence-corrected chi connectivity index (χ1v) is 10.2. The van der Waals surface area contributed by atoms with Gasteiger partial charge in [-0.15, -0.1) is 0 Å². The SMILES string of the molecule is COCCCN1C(=O)C(=O)C(=C(O)c2ccc3c(c2)C[C@@H](C)O3)[C@H]1c1ccccc1F. The van der Waals surface area contributed by atoms with Gasteiger partial charge in [-0.3, -0.25) is 9.59 Å². The van der Waals surface area contributed by atoms with Crippen molar-refractivity contribution in [3.8, 4) is 5.75 Å². The van der Waals surface area contributed by atoms with Gasteiger partial charge in [0.15, 0.2) is 0 Å². The van der Waals surface area contributed by atoms with E-state index in [1.807, 2.05) is 6.92 Å². The number of hydrogen-bond donors (Lipinski definition) is 1. The molecule has 7 heteroatoms. The van der Waals surface area contributed by atoms with Crippen LogP contribution in [0.15, 0.2) is 48.0 Å². The molecular weight excluding hydrogens is 401 g/mol. The maximum absolute atomic E-state index is 14.7. The van der Waals surface area contributed by atoms with Gasteiger partial charge >= 0.3 is 0 Å². The number of nitrogens with zero attached hydrogens (tertiary/aromatic N) is 1. The highest BCUT2D eigenvalue weighted by Gasteiger charge is 2.46. The van der Waals surface area contributed by atoms with Crippen molar-refractivity contribution in [1.29, 1.82) is 0 Å². The molecule has 4 rings (SSSR count). The Morgan fingerprint density at radius 3 is 2.77 bits per heavy atom. The molecular formula is C24H24FNO5. The van der Waals surface area contributed by atoms with Crippen LogP contribution in [0.4, 0.5) is 4.39 Å². The Morgan fingerprint density at radius 2 is 2.03 bits per heavy atom. The number of aliphatic hydroxyl groups is 1. The van der Waals surface area contributed by atoms with Crippen molar-refractivity contribution in [2.75, 3.05) is 20.3 Å². The molecule has 162 valence electrons. The third-order valence-electron chi connectivity index (χ3n) is 5.66. The summed E-state index contributed by atoms with van der Waals surface area (Å²) in [5.41, 5.74) is 1.36. The van der Waals surface area contributed by atoms with Gasteiger partial charge in [-0.25, -0.2) is 4.39 Å². The molecule has 0 saturated carbocycles. The summed E-state index contributed by atoms with van der Waals surface area (Å²) in [6, 6.07) is 10.1. The number of halogens is 1. The molecule has 0 aromatic heterocycles. The standard InChI is InChI=1S/C24H24FNO5/c1-14-12-16-13-15(8-9-19(16)31-14)22(27)20-21(17-6-3-4-7-18(17)25)26(10-5-11-30-2)24(29)23(20)28/h3-4,6-9,13-14,21,27H,5,10-12H2,1-2H3/t14-,21-/m1/s1. The molecule has 1 fully saturated rings. The number of benzene rings is 2. The molecule has 6 nitrogen and oxygen atoms in total. The van der Waals surface area contributed by atoms with E-state index in [0.717, 1.165) is 11.3 Å². The second-order valence-corrected chi connectivity index (χ2v) is 7.82. The number of likely N-dealkylation sites (tertiary alicyclic amines) is 1. The van der Waals surface area contributed by atoms with Crippen molar-refractivity contribution >= 4 is 17.4 Å². The Balaban J connectivity index is 1.82. The third kappa shape index (κ3) is 3.81. The van der Waals surface area contributed by atoms with Crippen LogP contribution in [0.25, 0.3) is 5.76 Å². The molecule has 1 amide bonds. The van der Waals surface area contributed by atoms with E-state index >= 15 is 0 Å². The minimum absolute atomic E-state index is 0.0252. The van der Waals surface area contributed by atoms with Gasteiger partial charge in [0.2, 0.25) is 0 Å². The summed E-state index contributed by atoms with van der Waals surface area (Å²) in [5, 5.41) is 11.1. The number of Topliss-reactive ketones (excluding diaryl/α,β-unsaturated/α-hetero) is 1. The molecule has 0 aliphatic carbocycles. The topological polar surface area (TPSA) is 76.1 Å². The fraction of sp³-hybridized carbons (Fsp3) is 0.333. The van der Waals surface area contributed by atoms with Crippen molar-refractivity contribution in [1.82, 2.24) is 4.90 Å². The van der Waals surface area contributed by atoms with E-state index in [1.54, 1.807) is 31.4 Å². The molecule has 2 aromatic carbocycles. The number of aliphatic hydroxyl groups excluding tert-OH is 1. The summed E-state index contributed by atoms with van der Waals surface area (Å²) < 4.78 is 25.5. The van der Waals surface area contributed by atoms with Crippen LogP contribution in [0.1, 0.15) is 36.1 Å². The molecule has 2 aromatic rings. The van der Waals surface area contributed by atoms with Crippen LogP contribution in [0.2, 0.25) is 0 Å². The third-order valence-corrected chi connectivity index (χ3v) is 5.66. The largest absolute Gasteiger partial charge is 0.507 e. The second-order valence-electron chi connectivity index (χ2n) is 7.82. The second kappa shape index (κ2) is 8.51. The number of amides is 1. The Labute approximate surface area is 179 Å². The summed E-state index contributed by atoms with van der Waals surface area (Å²) >= 11 is 0. The van der Waals surface area contributed by atoms with Gasteiger partial charge in [0.1, 0.15) is 23.4 Å². The van der Waals surface area contributed by atoms with Crippen molar-refractivity contribution < 1.29 is 28.6 Å². The predicted octanol–water partition coefficient (Wildman–Crippen LogP) is 3.61. The zero-order valence-electron chi connectivity index (χ0n) is 17.4.